The highest BCUT2D eigenvalue weighted by Gasteiger charge is 2.30. The lowest BCUT2D eigenvalue weighted by molar-refractivity contribution is 0.370. The maximum absolute atomic E-state index is 11.3. The number of hydrogen-bond acceptors (Lipinski definition) is 4. The fourth-order valence-corrected chi connectivity index (χ4v) is 4.12. The lowest BCUT2D eigenvalue weighted by Gasteiger charge is -2.23. The molecule has 0 radical (unpaired) electrons. The maximum Gasteiger partial charge on any atom is 0.247 e. The van der Waals surface area contributed by atoms with Crippen LogP contribution in [0.5, 0.6) is 0 Å². The van der Waals surface area contributed by atoms with E-state index in [2.05, 4.69) is 29.1 Å². The monoisotopic (exact) mass is 330 g/mol. The average Bonchev–Trinajstić information content (AvgIpc) is 2.96. The normalized spacial score (nSPS) is 19.0. The molecule has 0 aliphatic carbocycles. The highest BCUT2D eigenvalue weighted by molar-refractivity contribution is 7.91. The summed E-state index contributed by atoms with van der Waals surface area (Å²) in [6.45, 7) is 7.00. The summed E-state index contributed by atoms with van der Waals surface area (Å²) in [5.74, 6) is 0.853. The zero-order valence-electron chi connectivity index (χ0n) is 12.6. The highest BCUT2D eigenvalue weighted by atomic mass is 32.2. The van der Waals surface area contributed by atoms with Crippen molar-refractivity contribution in [1.82, 2.24) is 10.2 Å². The molecule has 0 saturated carbocycles. The standard InChI is InChI=1S/C13H22N4O2S2/c1-13(2)6-7-17(9-13)12(15-3)16-8-10-4-5-11(20-10)21(14,18)19/h4-5H,6-9H2,1-3H3,(H,15,16)(H2,14,18,19). The number of nitrogens with one attached hydrogen (secondary N) is 1. The van der Waals surface area contributed by atoms with Crippen molar-refractivity contribution in [3.05, 3.63) is 17.0 Å². The molecule has 3 N–H and O–H groups in total. The Kier molecular flexibility index (Phi) is 4.60. The van der Waals surface area contributed by atoms with Crippen molar-refractivity contribution in [2.75, 3.05) is 20.1 Å². The lowest BCUT2D eigenvalue weighted by atomic mass is 9.93. The number of primary sulfonamides is 1. The van der Waals surface area contributed by atoms with Crippen LogP contribution in [0.1, 0.15) is 25.1 Å². The third kappa shape index (κ3) is 4.18. The summed E-state index contributed by atoms with van der Waals surface area (Å²) in [5, 5.41) is 8.39. The second-order valence-electron chi connectivity index (χ2n) is 6.00. The second-order valence-corrected chi connectivity index (χ2v) is 8.96. The van der Waals surface area contributed by atoms with Crippen molar-refractivity contribution in [2.24, 2.45) is 15.5 Å². The van der Waals surface area contributed by atoms with Crippen LogP contribution >= 0.6 is 11.3 Å². The molecule has 1 aromatic heterocycles. The Morgan fingerprint density at radius 1 is 1.52 bits per heavy atom. The Balaban J connectivity index is 1.97. The van der Waals surface area contributed by atoms with Crippen LogP contribution in [-0.4, -0.2) is 39.4 Å². The second kappa shape index (κ2) is 5.94. The Morgan fingerprint density at radius 2 is 2.24 bits per heavy atom. The maximum atomic E-state index is 11.3. The molecule has 0 aromatic carbocycles. The van der Waals surface area contributed by atoms with Gasteiger partial charge in [-0.1, -0.05) is 13.8 Å². The molecular weight excluding hydrogens is 308 g/mol. The summed E-state index contributed by atoms with van der Waals surface area (Å²) in [7, 11) is -1.85. The van der Waals surface area contributed by atoms with Gasteiger partial charge in [0.05, 0.1) is 6.54 Å². The molecule has 2 heterocycles. The van der Waals surface area contributed by atoms with E-state index in [1.54, 1.807) is 19.2 Å². The zero-order chi connectivity index (χ0) is 15.7. The van der Waals surface area contributed by atoms with E-state index in [9.17, 15) is 8.42 Å². The van der Waals surface area contributed by atoms with Crippen LogP contribution < -0.4 is 10.5 Å². The van der Waals surface area contributed by atoms with Crippen molar-refractivity contribution in [1.29, 1.82) is 0 Å². The van der Waals surface area contributed by atoms with Gasteiger partial charge in [-0.15, -0.1) is 11.3 Å². The Labute approximate surface area is 130 Å². The predicted octanol–water partition coefficient (Wildman–Crippen LogP) is 1.20. The van der Waals surface area contributed by atoms with Crippen LogP contribution in [0.4, 0.5) is 0 Å². The number of thiophene rings is 1. The first kappa shape index (κ1) is 16.3. The molecule has 1 aromatic rings. The van der Waals surface area contributed by atoms with E-state index in [0.29, 0.717) is 12.0 Å². The number of nitrogens with two attached hydrogens (primary N) is 1. The summed E-state index contributed by atoms with van der Waals surface area (Å²) >= 11 is 1.19. The molecule has 8 heteroatoms. The molecule has 1 fully saturated rings. The van der Waals surface area contributed by atoms with Crippen molar-refractivity contribution in [3.8, 4) is 0 Å². The van der Waals surface area contributed by atoms with Gasteiger partial charge < -0.3 is 10.2 Å². The van der Waals surface area contributed by atoms with Crippen LogP contribution in [0, 0.1) is 5.41 Å². The van der Waals surface area contributed by atoms with Crippen molar-refractivity contribution in [3.63, 3.8) is 0 Å². The van der Waals surface area contributed by atoms with Crippen LogP contribution in [0.25, 0.3) is 0 Å². The average molecular weight is 330 g/mol. The quantitative estimate of drug-likeness (QED) is 0.644. The Hall–Kier alpha value is -1.12. The number of nitrogens with zero attached hydrogens (tertiary/aromatic N) is 2. The first-order valence-electron chi connectivity index (χ1n) is 6.78. The van der Waals surface area contributed by atoms with Gasteiger partial charge in [0.1, 0.15) is 4.21 Å². The lowest BCUT2D eigenvalue weighted by Crippen LogP contribution is -2.40. The van der Waals surface area contributed by atoms with Gasteiger partial charge in [-0.25, -0.2) is 13.6 Å². The van der Waals surface area contributed by atoms with E-state index in [-0.39, 0.29) is 4.21 Å². The molecular formula is C13H22N4O2S2. The third-order valence-electron chi connectivity index (χ3n) is 3.53. The SMILES string of the molecule is CN=C(NCc1ccc(S(N)(=O)=O)s1)N1CCC(C)(C)C1. The van der Waals surface area contributed by atoms with Crippen LogP contribution in [0.3, 0.4) is 0 Å². The van der Waals surface area contributed by atoms with E-state index >= 15 is 0 Å². The molecule has 0 amide bonds. The third-order valence-corrected chi connectivity index (χ3v) is 6.05. The Bertz CT molecular complexity index is 634. The van der Waals surface area contributed by atoms with Gasteiger partial charge in [0, 0.05) is 25.0 Å². The van der Waals surface area contributed by atoms with Gasteiger partial charge in [-0.2, -0.15) is 0 Å². The largest absolute Gasteiger partial charge is 0.351 e. The van der Waals surface area contributed by atoms with Crippen molar-refractivity contribution in [2.45, 2.75) is 31.0 Å². The molecule has 1 aliphatic rings. The first-order chi connectivity index (χ1) is 9.71. The minimum Gasteiger partial charge on any atom is -0.351 e. The van der Waals surface area contributed by atoms with Crippen LogP contribution in [0.15, 0.2) is 21.3 Å². The van der Waals surface area contributed by atoms with E-state index in [1.165, 1.54) is 11.3 Å². The molecule has 2 rings (SSSR count). The van der Waals surface area contributed by atoms with Crippen molar-refractivity contribution >= 4 is 27.3 Å². The predicted molar refractivity (Wildman–Crippen MR) is 85.9 cm³/mol. The van der Waals surface area contributed by atoms with E-state index in [0.717, 1.165) is 30.3 Å². The molecule has 6 nitrogen and oxygen atoms in total. The zero-order valence-corrected chi connectivity index (χ0v) is 14.2. The minimum absolute atomic E-state index is 0.191. The van der Waals surface area contributed by atoms with Gasteiger partial charge in [0.25, 0.3) is 0 Å². The molecule has 118 valence electrons. The van der Waals surface area contributed by atoms with Crippen LogP contribution in [-0.2, 0) is 16.6 Å². The number of likely N-dealkylation sites (tertiary alicyclic amines) is 1. The number of aliphatic imine (C=N–C) groups is 1. The van der Waals surface area contributed by atoms with Crippen molar-refractivity contribution < 1.29 is 8.42 Å². The first-order valence-corrected chi connectivity index (χ1v) is 9.15. The molecule has 21 heavy (non-hydrogen) atoms. The van der Waals surface area contributed by atoms with Gasteiger partial charge in [-0.3, -0.25) is 4.99 Å². The van der Waals surface area contributed by atoms with Gasteiger partial charge in [0.15, 0.2) is 5.96 Å². The number of rotatable bonds is 3. The van der Waals surface area contributed by atoms with E-state index in [1.807, 2.05) is 0 Å². The number of sulfonamides is 1. The summed E-state index contributed by atoms with van der Waals surface area (Å²) in [6, 6.07) is 3.32. The fourth-order valence-electron chi connectivity index (χ4n) is 2.40. The van der Waals surface area contributed by atoms with Crippen LogP contribution in [0.2, 0.25) is 0 Å². The topological polar surface area (TPSA) is 87.8 Å². The molecule has 0 unspecified atom stereocenters. The highest BCUT2D eigenvalue weighted by Crippen LogP contribution is 2.28. The van der Waals surface area contributed by atoms with Gasteiger partial charge in [-0.05, 0) is 24.0 Å². The van der Waals surface area contributed by atoms with E-state index in [4.69, 9.17) is 5.14 Å². The number of guanidine groups is 1. The summed E-state index contributed by atoms with van der Waals surface area (Å²) in [4.78, 5) is 7.45. The summed E-state index contributed by atoms with van der Waals surface area (Å²) < 4.78 is 22.7. The summed E-state index contributed by atoms with van der Waals surface area (Å²) in [6.07, 6.45) is 1.14. The molecule has 0 atom stereocenters. The molecule has 0 spiro atoms. The van der Waals surface area contributed by atoms with Gasteiger partial charge in [0.2, 0.25) is 10.0 Å². The Morgan fingerprint density at radius 3 is 2.71 bits per heavy atom. The van der Waals surface area contributed by atoms with E-state index < -0.39 is 10.0 Å². The molecule has 1 aliphatic heterocycles. The van der Waals surface area contributed by atoms with Gasteiger partial charge >= 0.3 is 0 Å². The fraction of sp³-hybridized carbons (Fsp3) is 0.615. The molecule has 0 bridgehead atoms. The minimum atomic E-state index is -3.61. The smallest absolute Gasteiger partial charge is 0.247 e. The summed E-state index contributed by atoms with van der Waals surface area (Å²) in [5.41, 5.74) is 0.307. The molecule has 1 saturated heterocycles. The number of hydrogen-bond donors (Lipinski definition) is 2.